The highest BCUT2D eigenvalue weighted by Crippen LogP contribution is 2.13. The van der Waals surface area contributed by atoms with E-state index in [1.54, 1.807) is 32.0 Å². The van der Waals surface area contributed by atoms with Gasteiger partial charge < -0.3 is 25.6 Å². The van der Waals surface area contributed by atoms with Crippen molar-refractivity contribution >= 4 is 29.3 Å². The van der Waals surface area contributed by atoms with Gasteiger partial charge in [-0.15, -0.1) is 0 Å². The van der Waals surface area contributed by atoms with E-state index in [4.69, 9.17) is 15.0 Å². The first-order valence-electron chi connectivity index (χ1n) is 9.20. The number of anilines is 1. The van der Waals surface area contributed by atoms with Crippen molar-refractivity contribution in [2.75, 3.05) is 19.4 Å². The van der Waals surface area contributed by atoms with E-state index >= 15 is 0 Å². The highest BCUT2D eigenvalue weighted by Gasteiger charge is 2.26. The number of aryl methyl sites for hydroxylation is 2. The number of nitrogens with zero attached hydrogens (tertiary/aromatic N) is 1. The predicted molar refractivity (Wildman–Crippen MR) is 107 cm³/mol. The summed E-state index contributed by atoms with van der Waals surface area (Å²) in [5, 5.41) is 8.74. The third-order valence-corrected chi connectivity index (χ3v) is 4.36. The molecule has 2 amide bonds. The molecule has 1 aromatic heterocycles. The van der Waals surface area contributed by atoms with Crippen LogP contribution in [0.15, 0.2) is 28.8 Å². The molecule has 1 aromatic carbocycles. The smallest absolute Gasteiger partial charge is 0.328 e. The van der Waals surface area contributed by atoms with Crippen molar-refractivity contribution in [3.8, 4) is 0 Å². The number of methoxy groups -OCH3 is 1. The van der Waals surface area contributed by atoms with Crippen LogP contribution >= 0.6 is 0 Å². The zero-order valence-corrected chi connectivity index (χ0v) is 17.0. The molecule has 0 aliphatic heterocycles. The maximum absolute atomic E-state index is 12.5. The first-order valence-corrected chi connectivity index (χ1v) is 9.20. The van der Waals surface area contributed by atoms with Gasteiger partial charge in [0.25, 0.3) is 11.8 Å². The number of ketones is 1. The molecule has 4 N–H and O–H groups in total. The fourth-order valence-electron chi connectivity index (χ4n) is 2.78. The van der Waals surface area contributed by atoms with E-state index in [0.717, 1.165) is 0 Å². The Morgan fingerprint density at radius 3 is 2.53 bits per heavy atom. The molecule has 2 aromatic rings. The number of Topliss-reactive ketones (excluding diaryl/α,β-unsaturated/α-hetero) is 1. The van der Waals surface area contributed by atoms with Crippen molar-refractivity contribution in [2.45, 2.75) is 32.7 Å². The minimum atomic E-state index is -1.04. The SMILES string of the molecule is COC(=O)[C@H](CCC(=O)CNC(=O)c1cccc(N)c1)NC(=O)c1c(C)noc1C. The maximum Gasteiger partial charge on any atom is 0.328 e. The summed E-state index contributed by atoms with van der Waals surface area (Å²) in [6, 6.07) is 5.32. The van der Waals surface area contributed by atoms with Gasteiger partial charge in [-0.25, -0.2) is 4.79 Å². The molecule has 0 saturated carbocycles. The standard InChI is InChI=1S/C20H24N4O6/c1-11-17(12(2)30-24-11)19(27)23-16(20(28)29-3)8-7-15(25)10-22-18(26)13-5-4-6-14(21)9-13/h4-6,9,16H,7-8,10,21H2,1-3H3,(H,22,26)(H,23,27)/t16-/m0/s1. The highest BCUT2D eigenvalue weighted by molar-refractivity contribution is 5.99. The molecule has 0 aliphatic carbocycles. The number of esters is 1. The molecule has 30 heavy (non-hydrogen) atoms. The lowest BCUT2D eigenvalue weighted by Crippen LogP contribution is -2.42. The van der Waals surface area contributed by atoms with Crippen LogP contribution in [-0.2, 0) is 14.3 Å². The second-order valence-electron chi connectivity index (χ2n) is 6.63. The van der Waals surface area contributed by atoms with Crippen LogP contribution in [0.1, 0.15) is 45.0 Å². The number of carbonyl (C=O) groups excluding carboxylic acids is 4. The van der Waals surface area contributed by atoms with Crippen molar-refractivity contribution in [3.05, 3.63) is 46.8 Å². The van der Waals surface area contributed by atoms with Gasteiger partial charge in [0.05, 0.1) is 19.3 Å². The van der Waals surface area contributed by atoms with Crippen LogP contribution in [0.4, 0.5) is 5.69 Å². The molecular formula is C20H24N4O6. The molecule has 10 heteroatoms. The third-order valence-electron chi connectivity index (χ3n) is 4.36. The number of nitrogen functional groups attached to an aromatic ring is 1. The lowest BCUT2D eigenvalue weighted by Gasteiger charge is -2.16. The summed E-state index contributed by atoms with van der Waals surface area (Å²) in [5.41, 5.74) is 7.01. The number of hydrogen-bond acceptors (Lipinski definition) is 8. The molecule has 0 spiro atoms. The van der Waals surface area contributed by atoms with E-state index in [2.05, 4.69) is 15.8 Å². The zero-order valence-electron chi connectivity index (χ0n) is 17.0. The average Bonchev–Trinajstić information content (AvgIpc) is 3.06. The van der Waals surface area contributed by atoms with Crippen molar-refractivity contribution in [1.29, 1.82) is 0 Å². The summed E-state index contributed by atoms with van der Waals surface area (Å²) in [6.45, 7) is 2.96. The van der Waals surface area contributed by atoms with Crippen molar-refractivity contribution in [2.24, 2.45) is 0 Å². The molecule has 0 unspecified atom stereocenters. The lowest BCUT2D eigenvalue weighted by molar-refractivity contribution is -0.143. The number of ether oxygens (including phenoxy) is 1. The van der Waals surface area contributed by atoms with E-state index in [1.807, 2.05) is 0 Å². The van der Waals surface area contributed by atoms with E-state index in [-0.39, 0.29) is 30.7 Å². The van der Waals surface area contributed by atoms with Gasteiger partial charge in [-0.05, 0) is 38.5 Å². The Bertz CT molecular complexity index is 933. The topological polar surface area (TPSA) is 154 Å². The van der Waals surface area contributed by atoms with Crippen LogP contribution < -0.4 is 16.4 Å². The van der Waals surface area contributed by atoms with Crippen molar-refractivity contribution < 1.29 is 28.4 Å². The number of amides is 2. The number of nitrogens with one attached hydrogen (secondary N) is 2. The third kappa shape index (κ3) is 5.90. The second kappa shape index (κ2) is 10.2. The van der Waals surface area contributed by atoms with Gasteiger partial charge in [-0.2, -0.15) is 0 Å². The predicted octanol–water partition coefficient (Wildman–Crippen LogP) is 0.924. The summed E-state index contributed by atoms with van der Waals surface area (Å²) in [4.78, 5) is 48.7. The van der Waals surface area contributed by atoms with Gasteiger partial charge in [0, 0.05) is 17.7 Å². The minimum absolute atomic E-state index is 0.00871. The zero-order chi connectivity index (χ0) is 22.3. The number of benzene rings is 1. The van der Waals surface area contributed by atoms with Crippen LogP contribution in [0.2, 0.25) is 0 Å². The Morgan fingerprint density at radius 1 is 1.20 bits per heavy atom. The van der Waals surface area contributed by atoms with Crippen molar-refractivity contribution in [3.63, 3.8) is 0 Å². The number of aromatic nitrogens is 1. The van der Waals surface area contributed by atoms with Gasteiger partial charge in [-0.1, -0.05) is 11.2 Å². The Labute approximate surface area is 173 Å². The Morgan fingerprint density at radius 2 is 1.93 bits per heavy atom. The monoisotopic (exact) mass is 416 g/mol. The summed E-state index contributed by atoms with van der Waals surface area (Å²) < 4.78 is 9.66. The Kier molecular flexibility index (Phi) is 7.68. The number of nitrogens with two attached hydrogens (primary N) is 1. The Hall–Kier alpha value is -3.69. The Balaban J connectivity index is 1.90. The van der Waals surface area contributed by atoms with Crippen LogP contribution in [0.25, 0.3) is 0 Å². The summed E-state index contributed by atoms with van der Waals surface area (Å²) in [7, 11) is 1.19. The van der Waals surface area contributed by atoms with Gasteiger partial charge in [0.15, 0.2) is 5.78 Å². The van der Waals surface area contributed by atoms with Crippen LogP contribution in [0, 0.1) is 13.8 Å². The van der Waals surface area contributed by atoms with Crippen LogP contribution in [0.5, 0.6) is 0 Å². The van der Waals surface area contributed by atoms with Crippen LogP contribution in [-0.4, -0.2) is 48.4 Å². The summed E-state index contributed by atoms with van der Waals surface area (Å²) >= 11 is 0. The molecule has 10 nitrogen and oxygen atoms in total. The lowest BCUT2D eigenvalue weighted by atomic mass is 10.1. The van der Waals surface area contributed by atoms with Crippen molar-refractivity contribution in [1.82, 2.24) is 15.8 Å². The molecule has 0 radical (unpaired) electrons. The largest absolute Gasteiger partial charge is 0.467 e. The summed E-state index contributed by atoms with van der Waals surface area (Å²) in [6.07, 6.45) is -0.0480. The summed E-state index contributed by atoms with van der Waals surface area (Å²) in [5.74, 6) is -1.68. The molecule has 0 aliphatic rings. The number of carbonyl (C=O) groups is 4. The molecule has 0 fully saturated rings. The molecular weight excluding hydrogens is 392 g/mol. The minimum Gasteiger partial charge on any atom is -0.467 e. The van der Waals surface area contributed by atoms with E-state index in [0.29, 0.717) is 22.7 Å². The van der Waals surface area contributed by atoms with Crippen LogP contribution in [0.3, 0.4) is 0 Å². The van der Waals surface area contributed by atoms with Gasteiger partial charge in [0.1, 0.15) is 17.4 Å². The fourth-order valence-corrected chi connectivity index (χ4v) is 2.78. The molecule has 2 rings (SSSR count). The fraction of sp³-hybridized carbons (Fsp3) is 0.350. The normalized spacial score (nSPS) is 11.4. The molecule has 0 saturated heterocycles. The van der Waals surface area contributed by atoms with Gasteiger partial charge in [0.2, 0.25) is 0 Å². The maximum atomic E-state index is 12.5. The quantitative estimate of drug-likeness (QED) is 0.403. The van der Waals surface area contributed by atoms with Gasteiger partial charge >= 0.3 is 5.97 Å². The average molecular weight is 416 g/mol. The molecule has 1 atom stereocenters. The van der Waals surface area contributed by atoms with E-state index in [9.17, 15) is 19.2 Å². The van der Waals surface area contributed by atoms with E-state index < -0.39 is 23.8 Å². The first kappa shape index (κ1) is 22.6. The van der Waals surface area contributed by atoms with Gasteiger partial charge in [-0.3, -0.25) is 14.4 Å². The molecule has 1 heterocycles. The molecule has 160 valence electrons. The second-order valence-corrected chi connectivity index (χ2v) is 6.63. The highest BCUT2D eigenvalue weighted by atomic mass is 16.5. The first-order chi connectivity index (χ1) is 14.2. The number of rotatable bonds is 9. The molecule has 0 bridgehead atoms. The number of hydrogen-bond donors (Lipinski definition) is 3. The van der Waals surface area contributed by atoms with E-state index in [1.165, 1.54) is 13.2 Å².